The van der Waals surface area contributed by atoms with Gasteiger partial charge in [-0.2, -0.15) is 0 Å². The van der Waals surface area contributed by atoms with E-state index in [0.29, 0.717) is 12.1 Å². The van der Waals surface area contributed by atoms with E-state index in [9.17, 15) is 5.11 Å². The summed E-state index contributed by atoms with van der Waals surface area (Å²) < 4.78 is 0. The lowest BCUT2D eigenvalue weighted by Crippen LogP contribution is -2.41. The maximum Gasteiger partial charge on any atom is 0.0526 e. The maximum atomic E-state index is 9.38. The fourth-order valence-electron chi connectivity index (χ4n) is 3.31. The Morgan fingerprint density at radius 3 is 2.47 bits per heavy atom. The lowest BCUT2D eigenvalue weighted by molar-refractivity contribution is 0.160. The van der Waals surface area contributed by atoms with Gasteiger partial charge in [0.15, 0.2) is 0 Å². The third-order valence-corrected chi connectivity index (χ3v) is 3.80. The number of hydrogen-bond acceptors (Lipinski definition) is 2. The first kappa shape index (κ1) is 15.0. The molecule has 17 heavy (non-hydrogen) atoms. The van der Waals surface area contributed by atoms with Crippen molar-refractivity contribution in [3.63, 3.8) is 0 Å². The van der Waals surface area contributed by atoms with Crippen LogP contribution in [0.5, 0.6) is 0 Å². The van der Waals surface area contributed by atoms with Crippen LogP contribution < -0.4 is 5.32 Å². The van der Waals surface area contributed by atoms with E-state index in [1.54, 1.807) is 0 Å². The Balaban J connectivity index is 2.29. The van der Waals surface area contributed by atoms with Crippen molar-refractivity contribution in [3.05, 3.63) is 0 Å². The average molecular weight is 241 g/mol. The molecule has 4 unspecified atom stereocenters. The zero-order valence-electron chi connectivity index (χ0n) is 12.1. The summed E-state index contributed by atoms with van der Waals surface area (Å²) in [5.74, 6) is 1.74. The molecular weight excluding hydrogens is 210 g/mol. The van der Waals surface area contributed by atoms with Crippen LogP contribution in [0.15, 0.2) is 0 Å². The first-order chi connectivity index (χ1) is 7.97. The molecular formula is C15H31NO. The Morgan fingerprint density at radius 2 is 1.88 bits per heavy atom. The Morgan fingerprint density at radius 1 is 1.18 bits per heavy atom. The Kier molecular flexibility index (Phi) is 6.50. The molecule has 102 valence electrons. The van der Waals surface area contributed by atoms with Crippen molar-refractivity contribution >= 4 is 0 Å². The Hall–Kier alpha value is -0.0800. The van der Waals surface area contributed by atoms with Gasteiger partial charge >= 0.3 is 0 Å². The quantitative estimate of drug-likeness (QED) is 0.747. The highest BCUT2D eigenvalue weighted by Gasteiger charge is 2.23. The van der Waals surface area contributed by atoms with Crippen molar-refractivity contribution in [1.29, 1.82) is 0 Å². The summed E-state index contributed by atoms with van der Waals surface area (Å²) >= 11 is 0. The summed E-state index contributed by atoms with van der Waals surface area (Å²) in [6.45, 7) is 8.72. The standard InChI is InChI=1S/C15H31NO/c1-11(2)8-14-6-5-7-15(10-14)16-12(3)9-13(4)17/h11-17H,5-10H2,1-4H3. The van der Waals surface area contributed by atoms with Crippen molar-refractivity contribution in [2.75, 3.05) is 0 Å². The molecule has 2 heteroatoms. The summed E-state index contributed by atoms with van der Waals surface area (Å²) in [5, 5.41) is 13.1. The van der Waals surface area contributed by atoms with Gasteiger partial charge in [0.25, 0.3) is 0 Å². The van der Waals surface area contributed by atoms with Crippen molar-refractivity contribution < 1.29 is 5.11 Å². The van der Waals surface area contributed by atoms with Crippen LogP contribution in [-0.4, -0.2) is 23.3 Å². The molecule has 4 atom stereocenters. The third kappa shape index (κ3) is 6.42. The Bertz CT molecular complexity index is 201. The molecule has 0 saturated heterocycles. The van der Waals surface area contributed by atoms with Crippen LogP contribution in [-0.2, 0) is 0 Å². The van der Waals surface area contributed by atoms with Crippen LogP contribution in [0.3, 0.4) is 0 Å². The topological polar surface area (TPSA) is 32.3 Å². The van der Waals surface area contributed by atoms with E-state index < -0.39 is 0 Å². The Labute approximate surface area is 107 Å². The molecule has 1 saturated carbocycles. The fourth-order valence-corrected chi connectivity index (χ4v) is 3.31. The van der Waals surface area contributed by atoms with Gasteiger partial charge in [0.2, 0.25) is 0 Å². The second-order valence-electron chi connectivity index (χ2n) is 6.51. The molecule has 1 aliphatic carbocycles. The molecule has 0 aliphatic heterocycles. The van der Waals surface area contributed by atoms with Gasteiger partial charge in [-0.3, -0.25) is 0 Å². The highest BCUT2D eigenvalue weighted by Crippen LogP contribution is 2.29. The SMILES string of the molecule is CC(C)CC1CCCC(NC(C)CC(C)O)C1. The van der Waals surface area contributed by atoms with Gasteiger partial charge in [-0.15, -0.1) is 0 Å². The number of hydrogen-bond donors (Lipinski definition) is 2. The van der Waals surface area contributed by atoms with Crippen LogP contribution in [0.4, 0.5) is 0 Å². The van der Waals surface area contributed by atoms with E-state index >= 15 is 0 Å². The molecule has 0 aromatic rings. The van der Waals surface area contributed by atoms with E-state index in [2.05, 4.69) is 26.1 Å². The molecule has 0 aromatic carbocycles. The van der Waals surface area contributed by atoms with Crippen molar-refractivity contribution in [2.45, 2.75) is 84.4 Å². The van der Waals surface area contributed by atoms with Crippen LogP contribution in [0, 0.1) is 11.8 Å². The molecule has 0 spiro atoms. The van der Waals surface area contributed by atoms with Gasteiger partial charge in [-0.25, -0.2) is 0 Å². The van der Waals surface area contributed by atoms with Gasteiger partial charge < -0.3 is 10.4 Å². The summed E-state index contributed by atoms with van der Waals surface area (Å²) in [6, 6.07) is 1.12. The molecule has 2 nitrogen and oxygen atoms in total. The largest absolute Gasteiger partial charge is 0.393 e. The van der Waals surface area contributed by atoms with E-state index in [-0.39, 0.29) is 6.10 Å². The number of aliphatic hydroxyl groups excluding tert-OH is 1. The van der Waals surface area contributed by atoms with E-state index in [4.69, 9.17) is 0 Å². The minimum atomic E-state index is -0.187. The molecule has 1 fully saturated rings. The number of rotatable bonds is 6. The van der Waals surface area contributed by atoms with Crippen LogP contribution >= 0.6 is 0 Å². The molecule has 1 rings (SSSR count). The monoisotopic (exact) mass is 241 g/mol. The molecule has 0 aromatic heterocycles. The summed E-state index contributed by atoms with van der Waals surface area (Å²) in [6.07, 6.45) is 7.50. The minimum Gasteiger partial charge on any atom is -0.393 e. The predicted molar refractivity (Wildman–Crippen MR) is 74.1 cm³/mol. The van der Waals surface area contributed by atoms with Crippen LogP contribution in [0.25, 0.3) is 0 Å². The van der Waals surface area contributed by atoms with Crippen LogP contribution in [0.2, 0.25) is 0 Å². The first-order valence-electron chi connectivity index (χ1n) is 7.41. The average Bonchev–Trinajstić information content (AvgIpc) is 2.14. The van der Waals surface area contributed by atoms with E-state index in [0.717, 1.165) is 18.3 Å². The molecule has 0 radical (unpaired) electrons. The number of aliphatic hydroxyl groups is 1. The molecule has 0 bridgehead atoms. The van der Waals surface area contributed by atoms with Gasteiger partial charge in [-0.05, 0) is 51.4 Å². The summed E-state index contributed by atoms with van der Waals surface area (Å²) in [5.41, 5.74) is 0. The lowest BCUT2D eigenvalue weighted by Gasteiger charge is -2.33. The maximum absolute atomic E-state index is 9.38. The first-order valence-corrected chi connectivity index (χ1v) is 7.41. The van der Waals surface area contributed by atoms with Gasteiger partial charge in [0, 0.05) is 12.1 Å². The summed E-state index contributed by atoms with van der Waals surface area (Å²) in [4.78, 5) is 0. The normalized spacial score (nSPS) is 29.3. The van der Waals surface area contributed by atoms with Gasteiger partial charge in [-0.1, -0.05) is 26.7 Å². The van der Waals surface area contributed by atoms with E-state index in [1.807, 2.05) is 6.92 Å². The van der Waals surface area contributed by atoms with Gasteiger partial charge in [0.1, 0.15) is 0 Å². The van der Waals surface area contributed by atoms with Crippen molar-refractivity contribution in [2.24, 2.45) is 11.8 Å². The zero-order valence-corrected chi connectivity index (χ0v) is 12.1. The molecule has 0 heterocycles. The number of nitrogens with one attached hydrogen (secondary N) is 1. The second-order valence-corrected chi connectivity index (χ2v) is 6.51. The molecule has 1 aliphatic rings. The second kappa shape index (κ2) is 7.38. The zero-order chi connectivity index (χ0) is 12.8. The smallest absolute Gasteiger partial charge is 0.0526 e. The van der Waals surface area contributed by atoms with Crippen molar-refractivity contribution in [3.8, 4) is 0 Å². The lowest BCUT2D eigenvalue weighted by atomic mass is 9.81. The van der Waals surface area contributed by atoms with Gasteiger partial charge in [0.05, 0.1) is 6.10 Å². The highest BCUT2D eigenvalue weighted by molar-refractivity contribution is 4.81. The minimum absolute atomic E-state index is 0.187. The summed E-state index contributed by atoms with van der Waals surface area (Å²) in [7, 11) is 0. The van der Waals surface area contributed by atoms with Crippen molar-refractivity contribution in [1.82, 2.24) is 5.32 Å². The van der Waals surface area contributed by atoms with E-state index in [1.165, 1.54) is 32.1 Å². The molecule has 2 N–H and O–H groups in total. The third-order valence-electron chi connectivity index (χ3n) is 3.80. The highest BCUT2D eigenvalue weighted by atomic mass is 16.3. The predicted octanol–water partition coefficient (Wildman–Crippen LogP) is 3.34. The fraction of sp³-hybridized carbons (Fsp3) is 1.00. The molecule has 0 amide bonds. The van der Waals surface area contributed by atoms with Crippen LogP contribution in [0.1, 0.15) is 66.2 Å².